The Balaban J connectivity index is 2.16. The highest BCUT2D eigenvalue weighted by molar-refractivity contribution is 5.69. The lowest BCUT2D eigenvalue weighted by Crippen LogP contribution is -2.19. The van der Waals surface area contributed by atoms with Gasteiger partial charge in [-0.15, -0.1) is 0 Å². The summed E-state index contributed by atoms with van der Waals surface area (Å²) in [6.07, 6.45) is 4.23. The molecular formula is C15H21N3O. The third-order valence-corrected chi connectivity index (χ3v) is 3.22. The number of nitrogens with zero attached hydrogens (tertiary/aromatic N) is 2. The van der Waals surface area contributed by atoms with Crippen LogP contribution < -0.4 is 0 Å². The molecule has 2 aromatic rings. The number of aromatic hydroxyl groups is 1. The van der Waals surface area contributed by atoms with Gasteiger partial charge in [0.25, 0.3) is 0 Å². The molecule has 2 N–H and O–H groups in total. The number of phenolic OH excluding ortho intramolecular Hbond substituents is 1. The van der Waals surface area contributed by atoms with Crippen molar-refractivity contribution in [3.05, 3.63) is 36.0 Å². The van der Waals surface area contributed by atoms with Crippen LogP contribution in [-0.2, 0) is 6.54 Å². The highest BCUT2D eigenvalue weighted by Gasteiger charge is 2.12. The zero-order chi connectivity index (χ0) is 13.7. The first-order valence-electron chi connectivity index (χ1n) is 6.71. The van der Waals surface area contributed by atoms with Gasteiger partial charge in [-0.1, -0.05) is 25.5 Å². The van der Waals surface area contributed by atoms with E-state index >= 15 is 0 Å². The minimum atomic E-state index is 0.282. The van der Waals surface area contributed by atoms with Gasteiger partial charge >= 0.3 is 0 Å². The van der Waals surface area contributed by atoms with Gasteiger partial charge in [0.05, 0.1) is 11.9 Å². The van der Waals surface area contributed by atoms with E-state index in [4.69, 9.17) is 0 Å². The second kappa shape index (κ2) is 6.38. The van der Waals surface area contributed by atoms with E-state index in [2.05, 4.69) is 29.1 Å². The molecule has 102 valence electrons. The molecule has 1 heterocycles. The fraction of sp³-hybridized carbons (Fsp3) is 0.400. The highest BCUT2D eigenvalue weighted by Crippen LogP contribution is 2.29. The molecule has 0 bridgehead atoms. The van der Waals surface area contributed by atoms with Gasteiger partial charge in [-0.05, 0) is 32.1 Å². The van der Waals surface area contributed by atoms with Crippen LogP contribution in [0.15, 0.2) is 30.5 Å². The number of nitrogens with one attached hydrogen (secondary N) is 1. The van der Waals surface area contributed by atoms with Gasteiger partial charge < -0.3 is 10.0 Å². The van der Waals surface area contributed by atoms with Gasteiger partial charge in [0.2, 0.25) is 0 Å². The number of benzene rings is 1. The van der Waals surface area contributed by atoms with Crippen LogP contribution in [0, 0.1) is 0 Å². The minimum absolute atomic E-state index is 0.282. The van der Waals surface area contributed by atoms with E-state index in [1.807, 2.05) is 24.4 Å². The van der Waals surface area contributed by atoms with Crippen LogP contribution in [0.2, 0.25) is 0 Å². The number of phenols is 1. The van der Waals surface area contributed by atoms with Gasteiger partial charge in [-0.2, -0.15) is 5.10 Å². The molecule has 1 aromatic carbocycles. The van der Waals surface area contributed by atoms with Crippen LogP contribution in [0.3, 0.4) is 0 Å². The standard InChI is InChI=1S/C15H21N3O/c1-3-4-9-18(2)11-12-10-16-17-15(12)13-7-5-6-8-14(13)19/h5-8,10,19H,3-4,9,11H2,1-2H3,(H,16,17). The molecule has 0 unspecified atom stereocenters. The predicted molar refractivity (Wildman–Crippen MR) is 76.9 cm³/mol. The van der Waals surface area contributed by atoms with Gasteiger partial charge in [0, 0.05) is 17.7 Å². The van der Waals surface area contributed by atoms with Crippen molar-refractivity contribution in [1.82, 2.24) is 15.1 Å². The molecule has 0 spiro atoms. The number of rotatable bonds is 6. The number of aromatic amines is 1. The summed E-state index contributed by atoms with van der Waals surface area (Å²) >= 11 is 0. The number of para-hydroxylation sites is 1. The molecule has 4 heteroatoms. The summed E-state index contributed by atoms with van der Waals surface area (Å²) in [5.41, 5.74) is 2.82. The molecule has 0 atom stereocenters. The van der Waals surface area contributed by atoms with Crippen molar-refractivity contribution in [1.29, 1.82) is 0 Å². The van der Waals surface area contributed by atoms with Crippen molar-refractivity contribution in [2.45, 2.75) is 26.3 Å². The lowest BCUT2D eigenvalue weighted by molar-refractivity contribution is 0.321. The minimum Gasteiger partial charge on any atom is -0.507 e. The van der Waals surface area contributed by atoms with Crippen molar-refractivity contribution in [2.24, 2.45) is 0 Å². The van der Waals surface area contributed by atoms with E-state index < -0.39 is 0 Å². The topological polar surface area (TPSA) is 52.2 Å². The lowest BCUT2D eigenvalue weighted by Gasteiger charge is -2.16. The van der Waals surface area contributed by atoms with E-state index in [0.717, 1.165) is 29.9 Å². The largest absolute Gasteiger partial charge is 0.507 e. The summed E-state index contributed by atoms with van der Waals surface area (Å²) in [4.78, 5) is 2.28. The Morgan fingerprint density at radius 1 is 1.32 bits per heavy atom. The third-order valence-electron chi connectivity index (χ3n) is 3.22. The summed E-state index contributed by atoms with van der Waals surface area (Å²) in [6, 6.07) is 7.34. The molecule has 19 heavy (non-hydrogen) atoms. The van der Waals surface area contributed by atoms with Crippen molar-refractivity contribution in [3.8, 4) is 17.0 Å². The summed E-state index contributed by atoms with van der Waals surface area (Å²) in [6.45, 7) is 4.10. The molecule has 0 aliphatic carbocycles. The molecular weight excluding hydrogens is 238 g/mol. The molecule has 4 nitrogen and oxygen atoms in total. The molecule has 0 aliphatic rings. The van der Waals surface area contributed by atoms with Gasteiger partial charge in [-0.25, -0.2) is 0 Å². The number of aromatic nitrogens is 2. The normalized spacial score (nSPS) is 11.1. The monoisotopic (exact) mass is 259 g/mol. The molecule has 0 aliphatic heterocycles. The Kier molecular flexibility index (Phi) is 4.58. The lowest BCUT2D eigenvalue weighted by atomic mass is 10.1. The molecule has 0 radical (unpaired) electrons. The van der Waals surface area contributed by atoms with Gasteiger partial charge in [0.1, 0.15) is 5.75 Å². The van der Waals surface area contributed by atoms with Gasteiger partial charge in [0.15, 0.2) is 0 Å². The first kappa shape index (κ1) is 13.6. The zero-order valence-electron chi connectivity index (χ0n) is 11.6. The Morgan fingerprint density at radius 2 is 2.11 bits per heavy atom. The van der Waals surface area contributed by atoms with Crippen molar-refractivity contribution >= 4 is 0 Å². The first-order chi connectivity index (χ1) is 9.22. The summed E-state index contributed by atoms with van der Waals surface area (Å²) in [5.74, 6) is 0.282. The number of hydrogen-bond donors (Lipinski definition) is 2. The SMILES string of the molecule is CCCCN(C)Cc1cn[nH]c1-c1ccccc1O. The van der Waals surface area contributed by atoms with Crippen LogP contribution in [0.4, 0.5) is 0 Å². The molecule has 0 fully saturated rings. The molecule has 1 aromatic heterocycles. The third kappa shape index (κ3) is 3.35. The average Bonchev–Trinajstić information content (AvgIpc) is 2.85. The zero-order valence-corrected chi connectivity index (χ0v) is 11.6. The quantitative estimate of drug-likeness (QED) is 0.838. The Hall–Kier alpha value is -1.81. The van der Waals surface area contributed by atoms with E-state index in [-0.39, 0.29) is 5.75 Å². The Bertz CT molecular complexity index is 522. The molecule has 0 saturated carbocycles. The van der Waals surface area contributed by atoms with Crippen molar-refractivity contribution in [2.75, 3.05) is 13.6 Å². The van der Waals surface area contributed by atoms with Crippen LogP contribution in [-0.4, -0.2) is 33.8 Å². The summed E-state index contributed by atoms with van der Waals surface area (Å²) in [5, 5.41) is 17.0. The first-order valence-corrected chi connectivity index (χ1v) is 6.71. The van der Waals surface area contributed by atoms with Gasteiger partial charge in [-0.3, -0.25) is 5.10 Å². The fourth-order valence-corrected chi connectivity index (χ4v) is 2.15. The molecule has 0 amide bonds. The van der Waals surface area contributed by atoms with Crippen LogP contribution in [0.5, 0.6) is 5.75 Å². The molecule has 2 rings (SSSR count). The van der Waals surface area contributed by atoms with E-state index in [0.29, 0.717) is 0 Å². The maximum Gasteiger partial charge on any atom is 0.124 e. The van der Waals surface area contributed by atoms with Crippen LogP contribution in [0.1, 0.15) is 25.3 Å². The van der Waals surface area contributed by atoms with Crippen molar-refractivity contribution in [3.63, 3.8) is 0 Å². The maximum atomic E-state index is 9.92. The summed E-state index contributed by atoms with van der Waals surface area (Å²) < 4.78 is 0. The van der Waals surface area contributed by atoms with Crippen LogP contribution in [0.25, 0.3) is 11.3 Å². The van der Waals surface area contributed by atoms with E-state index in [1.165, 1.54) is 12.8 Å². The average molecular weight is 259 g/mol. The second-order valence-corrected chi connectivity index (χ2v) is 4.88. The van der Waals surface area contributed by atoms with E-state index in [9.17, 15) is 5.11 Å². The number of unbranched alkanes of at least 4 members (excludes halogenated alkanes) is 1. The Morgan fingerprint density at radius 3 is 2.84 bits per heavy atom. The maximum absolute atomic E-state index is 9.92. The van der Waals surface area contributed by atoms with E-state index in [1.54, 1.807) is 6.07 Å². The highest BCUT2D eigenvalue weighted by atomic mass is 16.3. The van der Waals surface area contributed by atoms with Crippen molar-refractivity contribution < 1.29 is 5.11 Å². The number of H-pyrrole nitrogens is 1. The second-order valence-electron chi connectivity index (χ2n) is 4.88. The Labute approximate surface area is 114 Å². The molecule has 0 saturated heterocycles. The number of hydrogen-bond acceptors (Lipinski definition) is 3. The predicted octanol–water partition coefficient (Wildman–Crippen LogP) is 3.01. The van der Waals surface area contributed by atoms with Crippen LogP contribution >= 0.6 is 0 Å². The fourth-order valence-electron chi connectivity index (χ4n) is 2.15. The smallest absolute Gasteiger partial charge is 0.124 e. The summed E-state index contributed by atoms with van der Waals surface area (Å²) in [7, 11) is 2.11.